The van der Waals surface area contributed by atoms with Gasteiger partial charge in [0.25, 0.3) is 5.91 Å². The van der Waals surface area contributed by atoms with Gasteiger partial charge in [0.1, 0.15) is 0 Å². The van der Waals surface area contributed by atoms with Crippen molar-refractivity contribution >= 4 is 51.8 Å². The first kappa shape index (κ1) is 21.4. The van der Waals surface area contributed by atoms with Gasteiger partial charge >= 0.3 is 0 Å². The molecule has 1 aromatic carbocycles. The number of guanidine groups is 1. The molecule has 0 atom stereocenters. The second-order valence-electron chi connectivity index (χ2n) is 4.94. The first-order chi connectivity index (χ1) is 11.7. The number of amides is 1. The summed E-state index contributed by atoms with van der Waals surface area (Å²) in [5.41, 5.74) is 1.57. The third-order valence-electron chi connectivity index (χ3n) is 3.20. The van der Waals surface area contributed by atoms with E-state index in [2.05, 4.69) is 41.9 Å². The van der Waals surface area contributed by atoms with Crippen LogP contribution in [0.5, 0.6) is 0 Å². The number of benzene rings is 1. The number of nitrogens with one attached hydrogen (secondary N) is 3. The van der Waals surface area contributed by atoms with E-state index in [1.807, 2.05) is 30.3 Å². The Labute approximate surface area is 173 Å². The van der Waals surface area contributed by atoms with Gasteiger partial charge in [0.05, 0.1) is 12.2 Å². The van der Waals surface area contributed by atoms with E-state index in [-0.39, 0.29) is 29.9 Å². The minimum Gasteiger partial charge on any atom is -0.355 e. The highest BCUT2D eigenvalue weighted by Gasteiger charge is 2.04. The molecule has 0 unspecified atom stereocenters. The average molecular weight is 518 g/mol. The zero-order valence-electron chi connectivity index (χ0n) is 13.8. The van der Waals surface area contributed by atoms with Gasteiger partial charge < -0.3 is 16.0 Å². The number of carbonyl (C=O) groups excluding carboxylic acids is 1. The molecule has 1 aromatic heterocycles. The quantitative estimate of drug-likeness (QED) is 0.238. The fourth-order valence-electron chi connectivity index (χ4n) is 1.96. The molecule has 3 N–H and O–H groups in total. The Morgan fingerprint density at radius 2 is 1.80 bits per heavy atom. The van der Waals surface area contributed by atoms with Crippen molar-refractivity contribution in [1.82, 2.24) is 20.9 Å². The van der Waals surface area contributed by atoms with Crippen molar-refractivity contribution in [1.29, 1.82) is 0 Å². The number of rotatable bonds is 6. The minimum absolute atomic E-state index is 0. The van der Waals surface area contributed by atoms with E-state index >= 15 is 0 Å². The molecule has 1 heterocycles. The van der Waals surface area contributed by atoms with Gasteiger partial charge in [-0.1, -0.05) is 22.0 Å². The van der Waals surface area contributed by atoms with Gasteiger partial charge in [0.15, 0.2) is 5.96 Å². The predicted molar refractivity (Wildman–Crippen MR) is 114 cm³/mol. The molecule has 0 bridgehead atoms. The van der Waals surface area contributed by atoms with Crippen LogP contribution in [0.15, 0.2) is 58.1 Å². The van der Waals surface area contributed by atoms with E-state index < -0.39 is 0 Å². The normalized spacial score (nSPS) is 10.6. The van der Waals surface area contributed by atoms with Crippen LogP contribution in [-0.4, -0.2) is 37.0 Å². The first-order valence-corrected chi connectivity index (χ1v) is 8.36. The molecule has 2 rings (SSSR count). The van der Waals surface area contributed by atoms with Gasteiger partial charge in [0.2, 0.25) is 0 Å². The lowest BCUT2D eigenvalue weighted by molar-refractivity contribution is 0.0954. The molecule has 1 amide bonds. The number of aromatic nitrogens is 1. The molecule has 2 aromatic rings. The lowest BCUT2D eigenvalue weighted by Crippen LogP contribution is -2.41. The highest BCUT2D eigenvalue weighted by Crippen LogP contribution is 2.10. The third-order valence-corrected chi connectivity index (χ3v) is 3.72. The van der Waals surface area contributed by atoms with Crippen LogP contribution in [0.4, 0.5) is 0 Å². The summed E-state index contributed by atoms with van der Waals surface area (Å²) in [5, 5.41) is 9.17. The van der Waals surface area contributed by atoms with Crippen LogP contribution in [-0.2, 0) is 6.54 Å². The summed E-state index contributed by atoms with van der Waals surface area (Å²) in [6, 6.07) is 13.0. The Bertz CT molecular complexity index is 679. The van der Waals surface area contributed by atoms with Gasteiger partial charge in [0, 0.05) is 36.4 Å². The van der Waals surface area contributed by atoms with Crippen molar-refractivity contribution in [3.63, 3.8) is 0 Å². The van der Waals surface area contributed by atoms with Gasteiger partial charge in [-0.15, -0.1) is 24.0 Å². The number of carbonyl (C=O) groups is 1. The molecular formula is C17H21BrIN5O. The lowest BCUT2D eigenvalue weighted by atomic mass is 10.2. The maximum Gasteiger partial charge on any atom is 0.251 e. The second-order valence-corrected chi connectivity index (χ2v) is 5.85. The standard InChI is InChI=1S/C17H20BrN5O.HI/c1-19-17(23-12-15-4-2-3-9-20-15)22-11-10-21-16(24)13-5-7-14(18)8-6-13;/h2-9H,10-12H2,1H3,(H,21,24)(H2,19,22,23);1H. The fourth-order valence-corrected chi connectivity index (χ4v) is 2.22. The van der Waals surface area contributed by atoms with E-state index in [0.717, 1.165) is 10.2 Å². The molecular weight excluding hydrogens is 497 g/mol. The monoisotopic (exact) mass is 517 g/mol. The van der Waals surface area contributed by atoms with Crippen LogP contribution in [0.1, 0.15) is 16.1 Å². The van der Waals surface area contributed by atoms with Crippen LogP contribution in [0.3, 0.4) is 0 Å². The average Bonchev–Trinajstić information content (AvgIpc) is 2.62. The third kappa shape index (κ3) is 7.82. The highest BCUT2D eigenvalue weighted by molar-refractivity contribution is 14.0. The Hall–Kier alpha value is -1.68. The zero-order chi connectivity index (χ0) is 17.2. The minimum atomic E-state index is -0.0965. The Morgan fingerprint density at radius 3 is 2.44 bits per heavy atom. The van der Waals surface area contributed by atoms with Crippen LogP contribution in [0, 0.1) is 0 Å². The van der Waals surface area contributed by atoms with Gasteiger partial charge in [-0.25, -0.2) is 0 Å². The SMILES string of the molecule is CN=C(NCCNC(=O)c1ccc(Br)cc1)NCc1ccccn1.I. The van der Waals surface area contributed by atoms with E-state index in [9.17, 15) is 4.79 Å². The van der Waals surface area contributed by atoms with E-state index in [4.69, 9.17) is 0 Å². The molecule has 0 radical (unpaired) electrons. The highest BCUT2D eigenvalue weighted by atomic mass is 127. The Kier molecular flexibility index (Phi) is 10.1. The smallest absolute Gasteiger partial charge is 0.251 e. The number of aliphatic imine (C=N–C) groups is 1. The van der Waals surface area contributed by atoms with Crippen molar-refractivity contribution in [3.8, 4) is 0 Å². The summed E-state index contributed by atoms with van der Waals surface area (Å²) in [6.07, 6.45) is 1.75. The summed E-state index contributed by atoms with van der Waals surface area (Å²) in [7, 11) is 1.70. The van der Waals surface area contributed by atoms with E-state index in [0.29, 0.717) is 31.2 Å². The van der Waals surface area contributed by atoms with Crippen molar-refractivity contribution in [2.45, 2.75) is 6.54 Å². The molecule has 0 aliphatic carbocycles. The molecule has 0 saturated heterocycles. The van der Waals surface area contributed by atoms with E-state index in [1.54, 1.807) is 25.4 Å². The summed E-state index contributed by atoms with van der Waals surface area (Å²) in [4.78, 5) is 20.3. The van der Waals surface area contributed by atoms with Crippen molar-refractivity contribution in [2.75, 3.05) is 20.1 Å². The molecule has 0 fully saturated rings. The summed E-state index contributed by atoms with van der Waals surface area (Å²) < 4.78 is 0.948. The molecule has 0 saturated carbocycles. The maximum absolute atomic E-state index is 12.0. The summed E-state index contributed by atoms with van der Waals surface area (Å²) >= 11 is 3.35. The fraction of sp³-hybridized carbons (Fsp3) is 0.235. The Balaban J connectivity index is 0.00000312. The van der Waals surface area contributed by atoms with Crippen molar-refractivity contribution in [3.05, 3.63) is 64.4 Å². The maximum atomic E-state index is 12.0. The molecule has 134 valence electrons. The van der Waals surface area contributed by atoms with Crippen LogP contribution >= 0.6 is 39.9 Å². The number of pyridine rings is 1. The molecule has 8 heteroatoms. The topological polar surface area (TPSA) is 78.4 Å². The zero-order valence-corrected chi connectivity index (χ0v) is 17.7. The van der Waals surface area contributed by atoms with Gasteiger partial charge in [-0.3, -0.25) is 14.8 Å². The number of hydrogen-bond donors (Lipinski definition) is 3. The summed E-state index contributed by atoms with van der Waals surface area (Å²) in [6.45, 7) is 1.66. The molecule has 0 spiro atoms. The molecule has 0 aliphatic heterocycles. The van der Waals surface area contributed by atoms with Crippen LogP contribution in [0.2, 0.25) is 0 Å². The second kappa shape index (κ2) is 11.8. The van der Waals surface area contributed by atoms with Crippen molar-refractivity contribution in [2.24, 2.45) is 4.99 Å². The first-order valence-electron chi connectivity index (χ1n) is 7.57. The molecule has 6 nitrogen and oxygen atoms in total. The molecule has 0 aliphatic rings. The lowest BCUT2D eigenvalue weighted by Gasteiger charge is -2.12. The molecule has 25 heavy (non-hydrogen) atoms. The Morgan fingerprint density at radius 1 is 1.08 bits per heavy atom. The predicted octanol–water partition coefficient (Wildman–Crippen LogP) is 2.56. The summed E-state index contributed by atoms with van der Waals surface area (Å²) in [5.74, 6) is 0.569. The van der Waals surface area contributed by atoms with Gasteiger partial charge in [-0.2, -0.15) is 0 Å². The van der Waals surface area contributed by atoms with Crippen molar-refractivity contribution < 1.29 is 4.79 Å². The van der Waals surface area contributed by atoms with Gasteiger partial charge in [-0.05, 0) is 36.4 Å². The largest absolute Gasteiger partial charge is 0.355 e. The van der Waals surface area contributed by atoms with E-state index in [1.165, 1.54) is 0 Å². The number of halogens is 2. The number of hydrogen-bond acceptors (Lipinski definition) is 3. The van der Waals surface area contributed by atoms with Crippen LogP contribution in [0.25, 0.3) is 0 Å². The number of nitrogens with zero attached hydrogens (tertiary/aromatic N) is 2. The van der Waals surface area contributed by atoms with Crippen LogP contribution < -0.4 is 16.0 Å².